The van der Waals surface area contributed by atoms with Crippen LogP contribution in [0, 0.1) is 12.8 Å². The lowest BCUT2D eigenvalue weighted by molar-refractivity contribution is 0.0600. The molecule has 1 fully saturated rings. The second-order valence-electron chi connectivity index (χ2n) is 5.53. The normalized spacial score (nSPS) is 22.9. The predicted octanol–water partition coefficient (Wildman–Crippen LogP) is 3.77. The highest BCUT2D eigenvalue weighted by atomic mass is 16.5. The van der Waals surface area contributed by atoms with Crippen LogP contribution in [0.4, 0.5) is 5.69 Å². The molecule has 104 valence electrons. The maximum atomic E-state index is 11.5. The number of benzene rings is 1. The first-order valence-electron chi connectivity index (χ1n) is 7.07. The minimum absolute atomic E-state index is 0.277. The predicted molar refractivity (Wildman–Crippen MR) is 77.6 cm³/mol. The molecule has 0 bridgehead atoms. The smallest absolute Gasteiger partial charge is 0.337 e. The Labute approximate surface area is 115 Å². The van der Waals surface area contributed by atoms with Crippen molar-refractivity contribution in [1.82, 2.24) is 0 Å². The van der Waals surface area contributed by atoms with E-state index in [1.54, 1.807) is 0 Å². The van der Waals surface area contributed by atoms with Crippen molar-refractivity contribution >= 4 is 11.7 Å². The fourth-order valence-electron chi connectivity index (χ4n) is 2.80. The molecule has 1 aromatic carbocycles. The summed E-state index contributed by atoms with van der Waals surface area (Å²) in [4.78, 5) is 11.5. The largest absolute Gasteiger partial charge is 0.465 e. The van der Waals surface area contributed by atoms with E-state index >= 15 is 0 Å². The maximum Gasteiger partial charge on any atom is 0.337 e. The van der Waals surface area contributed by atoms with Crippen LogP contribution < -0.4 is 5.32 Å². The standard InChI is InChI=1S/C16H23NO2/c1-11-6-4-5-7-14(11)17-15-9-8-13(10-12(15)2)16(18)19-3/h8-11,14,17H,4-7H2,1-3H3/t11-,14-/m1/s1. The third-order valence-corrected chi connectivity index (χ3v) is 4.10. The summed E-state index contributed by atoms with van der Waals surface area (Å²) in [6, 6.07) is 6.26. The number of carbonyl (C=O) groups is 1. The lowest BCUT2D eigenvalue weighted by atomic mass is 9.85. The Balaban J connectivity index is 2.10. The van der Waals surface area contributed by atoms with E-state index in [9.17, 15) is 4.79 Å². The van der Waals surface area contributed by atoms with Crippen LogP contribution >= 0.6 is 0 Å². The Morgan fingerprint density at radius 3 is 2.68 bits per heavy atom. The Hall–Kier alpha value is -1.51. The zero-order valence-electron chi connectivity index (χ0n) is 12.0. The average Bonchev–Trinajstić information content (AvgIpc) is 2.42. The highest BCUT2D eigenvalue weighted by molar-refractivity contribution is 5.90. The number of esters is 1. The van der Waals surface area contributed by atoms with Gasteiger partial charge >= 0.3 is 5.97 Å². The van der Waals surface area contributed by atoms with Crippen molar-refractivity contribution in [2.24, 2.45) is 5.92 Å². The Kier molecular flexibility index (Phi) is 4.46. The summed E-state index contributed by atoms with van der Waals surface area (Å²) in [5.41, 5.74) is 2.84. The fraction of sp³-hybridized carbons (Fsp3) is 0.562. The molecule has 0 unspecified atom stereocenters. The molecule has 3 heteroatoms. The molecular formula is C16H23NO2. The first-order valence-corrected chi connectivity index (χ1v) is 7.07. The summed E-state index contributed by atoms with van der Waals surface area (Å²) in [7, 11) is 1.41. The van der Waals surface area contributed by atoms with E-state index in [4.69, 9.17) is 4.74 Å². The van der Waals surface area contributed by atoms with E-state index in [1.807, 2.05) is 25.1 Å². The first-order chi connectivity index (χ1) is 9.11. The molecule has 0 saturated heterocycles. The molecule has 0 aliphatic heterocycles. The van der Waals surface area contributed by atoms with Gasteiger partial charge in [0.2, 0.25) is 0 Å². The third kappa shape index (κ3) is 3.28. The molecule has 0 heterocycles. The van der Waals surface area contributed by atoms with Crippen LogP contribution in [0.3, 0.4) is 0 Å². The Morgan fingerprint density at radius 1 is 1.32 bits per heavy atom. The van der Waals surface area contributed by atoms with Crippen molar-refractivity contribution in [2.75, 3.05) is 12.4 Å². The molecule has 2 atom stereocenters. The molecule has 0 amide bonds. The second kappa shape index (κ2) is 6.09. The second-order valence-corrected chi connectivity index (χ2v) is 5.53. The van der Waals surface area contributed by atoms with Crippen LogP contribution in [-0.2, 0) is 4.74 Å². The zero-order valence-corrected chi connectivity index (χ0v) is 12.0. The van der Waals surface area contributed by atoms with Gasteiger partial charge in [-0.15, -0.1) is 0 Å². The van der Waals surface area contributed by atoms with Crippen LogP contribution in [0.5, 0.6) is 0 Å². The summed E-state index contributed by atoms with van der Waals surface area (Å²) >= 11 is 0. The number of ether oxygens (including phenoxy) is 1. The van der Waals surface area contributed by atoms with Gasteiger partial charge in [-0.2, -0.15) is 0 Å². The van der Waals surface area contributed by atoms with Crippen LogP contribution in [0.2, 0.25) is 0 Å². The van der Waals surface area contributed by atoms with E-state index in [0.717, 1.165) is 11.3 Å². The van der Waals surface area contributed by atoms with Crippen molar-refractivity contribution in [3.63, 3.8) is 0 Å². The summed E-state index contributed by atoms with van der Waals surface area (Å²) in [6.45, 7) is 4.34. The minimum Gasteiger partial charge on any atom is -0.465 e. The van der Waals surface area contributed by atoms with Crippen LogP contribution in [0.15, 0.2) is 18.2 Å². The van der Waals surface area contributed by atoms with Gasteiger partial charge in [0, 0.05) is 11.7 Å². The Morgan fingerprint density at radius 2 is 2.05 bits per heavy atom. The molecule has 3 nitrogen and oxygen atoms in total. The molecule has 0 radical (unpaired) electrons. The fourth-order valence-corrected chi connectivity index (χ4v) is 2.80. The van der Waals surface area contributed by atoms with Gasteiger partial charge in [0.1, 0.15) is 0 Å². The number of anilines is 1. The highest BCUT2D eigenvalue weighted by Crippen LogP contribution is 2.28. The summed E-state index contributed by atoms with van der Waals surface area (Å²) < 4.78 is 4.74. The van der Waals surface area contributed by atoms with Gasteiger partial charge in [-0.1, -0.05) is 19.8 Å². The van der Waals surface area contributed by atoms with Gasteiger partial charge in [0.15, 0.2) is 0 Å². The topological polar surface area (TPSA) is 38.3 Å². The lowest BCUT2D eigenvalue weighted by Gasteiger charge is -2.31. The minimum atomic E-state index is -0.277. The Bertz CT molecular complexity index is 456. The molecule has 0 spiro atoms. The SMILES string of the molecule is COC(=O)c1ccc(N[C@@H]2CCCC[C@H]2C)c(C)c1. The van der Waals surface area contributed by atoms with E-state index in [0.29, 0.717) is 17.5 Å². The molecule has 1 aliphatic carbocycles. The zero-order chi connectivity index (χ0) is 13.8. The average molecular weight is 261 g/mol. The van der Waals surface area contributed by atoms with Crippen molar-refractivity contribution in [3.8, 4) is 0 Å². The monoisotopic (exact) mass is 261 g/mol. The molecule has 1 N–H and O–H groups in total. The molecule has 1 saturated carbocycles. The number of methoxy groups -OCH3 is 1. The van der Waals surface area contributed by atoms with E-state index in [-0.39, 0.29) is 5.97 Å². The molecule has 0 aromatic heterocycles. The van der Waals surface area contributed by atoms with Gasteiger partial charge < -0.3 is 10.1 Å². The van der Waals surface area contributed by atoms with Crippen molar-refractivity contribution in [3.05, 3.63) is 29.3 Å². The van der Waals surface area contributed by atoms with Gasteiger partial charge in [0.05, 0.1) is 12.7 Å². The molecule has 1 aliphatic rings. The van der Waals surface area contributed by atoms with Crippen LogP contribution in [0.1, 0.15) is 48.5 Å². The van der Waals surface area contributed by atoms with Crippen molar-refractivity contribution in [2.45, 2.75) is 45.6 Å². The van der Waals surface area contributed by atoms with Crippen LogP contribution in [-0.4, -0.2) is 19.1 Å². The highest BCUT2D eigenvalue weighted by Gasteiger charge is 2.21. The van der Waals surface area contributed by atoms with E-state index < -0.39 is 0 Å². The van der Waals surface area contributed by atoms with Crippen molar-refractivity contribution < 1.29 is 9.53 Å². The molecular weight excluding hydrogens is 238 g/mol. The van der Waals surface area contributed by atoms with Crippen molar-refractivity contribution in [1.29, 1.82) is 0 Å². The van der Waals surface area contributed by atoms with Gasteiger partial charge in [-0.3, -0.25) is 0 Å². The number of nitrogens with one attached hydrogen (secondary N) is 1. The number of hydrogen-bond donors (Lipinski definition) is 1. The van der Waals surface area contributed by atoms with Gasteiger partial charge in [0.25, 0.3) is 0 Å². The number of rotatable bonds is 3. The van der Waals surface area contributed by atoms with Crippen LogP contribution in [0.25, 0.3) is 0 Å². The van der Waals surface area contributed by atoms with Gasteiger partial charge in [-0.25, -0.2) is 4.79 Å². The molecule has 2 rings (SSSR count). The number of carbonyl (C=O) groups excluding carboxylic acids is 1. The molecule has 19 heavy (non-hydrogen) atoms. The first kappa shape index (κ1) is 13.9. The van der Waals surface area contributed by atoms with E-state index in [2.05, 4.69) is 12.2 Å². The number of aryl methyl sites for hydroxylation is 1. The summed E-state index contributed by atoms with van der Waals surface area (Å²) in [5, 5.41) is 3.63. The molecule has 1 aromatic rings. The van der Waals surface area contributed by atoms with Gasteiger partial charge in [-0.05, 0) is 49.4 Å². The summed E-state index contributed by atoms with van der Waals surface area (Å²) in [6.07, 6.45) is 5.19. The third-order valence-electron chi connectivity index (χ3n) is 4.10. The number of hydrogen-bond acceptors (Lipinski definition) is 3. The lowest BCUT2D eigenvalue weighted by Crippen LogP contribution is -2.30. The quantitative estimate of drug-likeness (QED) is 0.842. The summed E-state index contributed by atoms with van der Waals surface area (Å²) in [5.74, 6) is 0.439. The maximum absolute atomic E-state index is 11.5. The van der Waals surface area contributed by atoms with E-state index in [1.165, 1.54) is 32.8 Å².